The van der Waals surface area contributed by atoms with Gasteiger partial charge in [-0.1, -0.05) is 27.2 Å². The summed E-state index contributed by atoms with van der Waals surface area (Å²) in [5.41, 5.74) is 2.57. The molecule has 96 valence electrons. The maximum Gasteiger partial charge on any atom is 0.253 e. The minimum absolute atomic E-state index is 0.0349. The number of nitrogens with zero attached hydrogens (tertiary/aromatic N) is 2. The number of halogens is 1. The highest BCUT2D eigenvalue weighted by Gasteiger charge is 2.21. The van der Waals surface area contributed by atoms with Crippen molar-refractivity contribution in [3.8, 4) is 0 Å². The van der Waals surface area contributed by atoms with E-state index >= 15 is 0 Å². The first-order chi connectivity index (χ1) is 8.61. The summed E-state index contributed by atoms with van der Waals surface area (Å²) < 4.78 is 0.947. The summed E-state index contributed by atoms with van der Waals surface area (Å²) >= 11 is 3.44. The number of piperidine rings is 1. The number of likely N-dealkylation sites (tertiary alicyclic amines) is 1. The molecule has 1 aromatic rings. The molecule has 1 aliphatic heterocycles. The lowest BCUT2D eigenvalue weighted by atomic mass is 10.1. The van der Waals surface area contributed by atoms with Crippen LogP contribution in [-0.2, 0) is 0 Å². The van der Waals surface area contributed by atoms with E-state index in [0.29, 0.717) is 31.5 Å². The van der Waals surface area contributed by atoms with E-state index in [0.717, 1.165) is 15.7 Å². The van der Waals surface area contributed by atoms with Crippen LogP contribution in [0.2, 0.25) is 0 Å². The Bertz CT molecular complexity index is 490. The average Bonchev–Trinajstić information content (AvgIpc) is 2.41. The largest absolute Gasteiger partial charge is 0.411 e. The van der Waals surface area contributed by atoms with E-state index in [2.05, 4.69) is 21.1 Å². The smallest absolute Gasteiger partial charge is 0.253 e. The second-order valence-corrected chi connectivity index (χ2v) is 5.28. The van der Waals surface area contributed by atoms with Crippen LogP contribution >= 0.6 is 15.9 Å². The van der Waals surface area contributed by atoms with Gasteiger partial charge in [0.05, 0.1) is 5.71 Å². The molecule has 0 atom stereocenters. The lowest BCUT2D eigenvalue weighted by Gasteiger charge is -2.27. The molecule has 1 aliphatic rings. The van der Waals surface area contributed by atoms with Crippen molar-refractivity contribution in [2.45, 2.75) is 19.8 Å². The SMILES string of the molecule is Cc1ccc(C(=O)N2CCC(=NO)CC2)cc1Br. The zero-order chi connectivity index (χ0) is 13.1. The van der Waals surface area contributed by atoms with Crippen LogP contribution < -0.4 is 0 Å². The van der Waals surface area contributed by atoms with Crippen LogP contribution in [0.15, 0.2) is 27.8 Å². The van der Waals surface area contributed by atoms with Gasteiger partial charge in [0.2, 0.25) is 0 Å². The Kier molecular flexibility index (Phi) is 4.01. The van der Waals surface area contributed by atoms with Crippen molar-refractivity contribution in [2.75, 3.05) is 13.1 Å². The third-order valence-corrected chi connectivity index (χ3v) is 4.04. The minimum atomic E-state index is 0.0349. The molecule has 0 aromatic heterocycles. The molecule has 0 spiro atoms. The van der Waals surface area contributed by atoms with Crippen molar-refractivity contribution < 1.29 is 10.0 Å². The van der Waals surface area contributed by atoms with Crippen molar-refractivity contribution >= 4 is 27.5 Å². The number of hydrogen-bond donors (Lipinski definition) is 1. The number of oxime groups is 1. The van der Waals surface area contributed by atoms with Gasteiger partial charge in [-0.25, -0.2) is 0 Å². The van der Waals surface area contributed by atoms with E-state index in [9.17, 15) is 4.79 Å². The van der Waals surface area contributed by atoms with E-state index in [-0.39, 0.29) is 5.91 Å². The Morgan fingerprint density at radius 3 is 2.61 bits per heavy atom. The van der Waals surface area contributed by atoms with Crippen molar-refractivity contribution in [3.63, 3.8) is 0 Å². The van der Waals surface area contributed by atoms with Gasteiger partial charge < -0.3 is 10.1 Å². The average molecular weight is 311 g/mol. The van der Waals surface area contributed by atoms with Crippen LogP contribution in [0.1, 0.15) is 28.8 Å². The fraction of sp³-hybridized carbons (Fsp3) is 0.385. The van der Waals surface area contributed by atoms with Gasteiger partial charge in [0.25, 0.3) is 5.91 Å². The molecule has 0 aliphatic carbocycles. The van der Waals surface area contributed by atoms with E-state index in [1.165, 1.54) is 0 Å². The zero-order valence-corrected chi connectivity index (χ0v) is 11.8. The summed E-state index contributed by atoms with van der Waals surface area (Å²) in [4.78, 5) is 14.1. The summed E-state index contributed by atoms with van der Waals surface area (Å²) in [6, 6.07) is 5.63. The topological polar surface area (TPSA) is 52.9 Å². The van der Waals surface area contributed by atoms with Gasteiger partial charge in [-0.15, -0.1) is 0 Å². The number of benzene rings is 1. The van der Waals surface area contributed by atoms with Gasteiger partial charge >= 0.3 is 0 Å². The van der Waals surface area contributed by atoms with Crippen LogP contribution in [0.5, 0.6) is 0 Å². The molecular weight excluding hydrogens is 296 g/mol. The Morgan fingerprint density at radius 2 is 2.06 bits per heavy atom. The van der Waals surface area contributed by atoms with Gasteiger partial charge in [-0.05, 0) is 24.6 Å². The Morgan fingerprint density at radius 1 is 1.39 bits per heavy atom. The third-order valence-electron chi connectivity index (χ3n) is 3.19. The molecule has 0 radical (unpaired) electrons. The second kappa shape index (κ2) is 5.52. The fourth-order valence-electron chi connectivity index (χ4n) is 1.98. The monoisotopic (exact) mass is 310 g/mol. The normalized spacial score (nSPS) is 15.7. The molecule has 1 heterocycles. The predicted molar refractivity (Wildman–Crippen MR) is 73.2 cm³/mol. The highest BCUT2D eigenvalue weighted by Crippen LogP contribution is 2.19. The van der Waals surface area contributed by atoms with Crippen LogP contribution in [0.4, 0.5) is 0 Å². The number of rotatable bonds is 1. The van der Waals surface area contributed by atoms with E-state index < -0.39 is 0 Å². The first-order valence-corrected chi connectivity index (χ1v) is 6.66. The molecule has 0 bridgehead atoms. The molecule has 0 unspecified atom stereocenters. The maximum atomic E-state index is 12.3. The number of amides is 1. The Hall–Kier alpha value is -1.36. The molecular formula is C13H15BrN2O2. The molecule has 2 rings (SSSR count). The van der Waals surface area contributed by atoms with Crippen LogP contribution in [-0.4, -0.2) is 34.8 Å². The molecule has 0 saturated carbocycles. The Balaban J connectivity index is 2.10. The number of carbonyl (C=O) groups is 1. The summed E-state index contributed by atoms with van der Waals surface area (Å²) in [7, 11) is 0. The molecule has 1 amide bonds. The van der Waals surface area contributed by atoms with Gasteiger partial charge in [0.1, 0.15) is 0 Å². The molecule has 5 heteroatoms. The fourth-order valence-corrected chi connectivity index (χ4v) is 2.36. The van der Waals surface area contributed by atoms with Crippen molar-refractivity contribution in [3.05, 3.63) is 33.8 Å². The van der Waals surface area contributed by atoms with Crippen molar-refractivity contribution in [1.29, 1.82) is 0 Å². The molecule has 1 aromatic carbocycles. The summed E-state index contributed by atoms with van der Waals surface area (Å²) in [6.45, 7) is 3.22. The van der Waals surface area contributed by atoms with Crippen LogP contribution in [0.25, 0.3) is 0 Å². The van der Waals surface area contributed by atoms with Gasteiger partial charge in [0.15, 0.2) is 0 Å². The summed E-state index contributed by atoms with van der Waals surface area (Å²) in [6.07, 6.45) is 1.30. The number of aryl methyl sites for hydroxylation is 1. The zero-order valence-electron chi connectivity index (χ0n) is 10.2. The molecule has 1 N–H and O–H groups in total. The molecule has 1 saturated heterocycles. The van der Waals surface area contributed by atoms with Gasteiger partial charge in [-0.2, -0.15) is 0 Å². The van der Waals surface area contributed by atoms with Gasteiger partial charge in [-0.3, -0.25) is 4.79 Å². The van der Waals surface area contributed by atoms with Crippen molar-refractivity contribution in [1.82, 2.24) is 4.90 Å². The number of carbonyl (C=O) groups excluding carboxylic acids is 1. The Labute approximate surface area is 114 Å². The van der Waals surface area contributed by atoms with Crippen LogP contribution in [0.3, 0.4) is 0 Å². The summed E-state index contributed by atoms with van der Waals surface area (Å²) in [5, 5.41) is 11.9. The van der Waals surface area contributed by atoms with E-state index in [1.54, 1.807) is 4.90 Å². The highest BCUT2D eigenvalue weighted by molar-refractivity contribution is 9.10. The predicted octanol–water partition coefficient (Wildman–Crippen LogP) is 2.82. The maximum absolute atomic E-state index is 12.3. The highest BCUT2D eigenvalue weighted by atomic mass is 79.9. The lowest BCUT2D eigenvalue weighted by Crippen LogP contribution is -2.38. The standard InChI is InChI=1S/C13H15BrN2O2/c1-9-2-3-10(8-12(9)14)13(17)16-6-4-11(15-18)5-7-16/h2-3,8,18H,4-7H2,1H3. The summed E-state index contributed by atoms with van der Waals surface area (Å²) in [5.74, 6) is 0.0349. The molecule has 1 fully saturated rings. The van der Waals surface area contributed by atoms with E-state index in [1.807, 2.05) is 25.1 Å². The number of hydrogen-bond acceptors (Lipinski definition) is 3. The molecule has 18 heavy (non-hydrogen) atoms. The molecule has 4 nitrogen and oxygen atoms in total. The first kappa shape index (κ1) is 13.1. The van der Waals surface area contributed by atoms with Crippen molar-refractivity contribution in [2.24, 2.45) is 5.16 Å². The lowest BCUT2D eigenvalue weighted by molar-refractivity contribution is 0.0753. The third kappa shape index (κ3) is 2.72. The van der Waals surface area contributed by atoms with E-state index in [4.69, 9.17) is 5.21 Å². The second-order valence-electron chi connectivity index (χ2n) is 4.42. The minimum Gasteiger partial charge on any atom is -0.411 e. The quantitative estimate of drug-likeness (QED) is 0.640. The first-order valence-electron chi connectivity index (χ1n) is 5.87. The van der Waals surface area contributed by atoms with Crippen LogP contribution in [0, 0.1) is 6.92 Å². The van der Waals surface area contributed by atoms with Gasteiger partial charge in [0, 0.05) is 36.0 Å².